The first-order valence-electron chi connectivity index (χ1n) is 9.37. The number of likely N-dealkylation sites (N-methyl/N-ethyl adjacent to an activating group) is 1. The number of amides is 1. The highest BCUT2D eigenvalue weighted by atomic mass is 16.6. The Balaban J connectivity index is 1.77. The largest absolute Gasteiger partial charge is 0.539 e. The summed E-state index contributed by atoms with van der Waals surface area (Å²) in [5.41, 5.74) is 1.32. The second kappa shape index (κ2) is 9.61. The van der Waals surface area contributed by atoms with E-state index < -0.39 is 11.9 Å². The number of benzene rings is 2. The van der Waals surface area contributed by atoms with Crippen LogP contribution in [0.4, 0.5) is 5.69 Å². The molecule has 2 aromatic carbocycles. The zero-order valence-electron chi connectivity index (χ0n) is 17.1. The van der Waals surface area contributed by atoms with Crippen LogP contribution in [0.15, 0.2) is 59.1 Å². The van der Waals surface area contributed by atoms with Gasteiger partial charge in [-0.15, -0.1) is 0 Å². The fourth-order valence-electron chi connectivity index (χ4n) is 2.98. The molecule has 0 saturated heterocycles. The van der Waals surface area contributed by atoms with E-state index in [-0.39, 0.29) is 31.2 Å². The standard InChI is InChI=1S/C21H22N4O6/c1-23(12-18-21(29)31-22-25(18)15-7-4-3-5-8-15)19(26)13-24(14-20(27)28)16-9-6-10-17(11-16)30-2/h3-11H,12-14H2,1-2H3,(H-,22,27,28,29). The van der Waals surface area contributed by atoms with Gasteiger partial charge < -0.3 is 29.3 Å². The minimum atomic E-state index is -1.08. The Kier molecular flexibility index (Phi) is 6.71. The van der Waals surface area contributed by atoms with E-state index in [0.717, 1.165) is 0 Å². The predicted molar refractivity (Wildman–Crippen MR) is 107 cm³/mol. The molecule has 1 heterocycles. The van der Waals surface area contributed by atoms with E-state index in [9.17, 15) is 19.8 Å². The first kappa shape index (κ1) is 21.6. The fourth-order valence-corrected chi connectivity index (χ4v) is 2.98. The lowest BCUT2D eigenvalue weighted by Crippen LogP contribution is -2.44. The number of hydrogen-bond acceptors (Lipinski definition) is 7. The third-order valence-corrected chi connectivity index (χ3v) is 4.58. The summed E-state index contributed by atoms with van der Waals surface area (Å²) in [5.74, 6) is -1.58. The van der Waals surface area contributed by atoms with Crippen LogP contribution in [0, 0.1) is 0 Å². The first-order valence-corrected chi connectivity index (χ1v) is 9.37. The third kappa shape index (κ3) is 5.30. The van der Waals surface area contributed by atoms with Gasteiger partial charge in [-0.05, 0) is 16.8 Å². The van der Waals surface area contributed by atoms with Crippen LogP contribution in [0.2, 0.25) is 0 Å². The molecule has 0 spiro atoms. The number of carboxylic acid groups (broad SMARTS) is 1. The highest BCUT2D eigenvalue weighted by molar-refractivity contribution is 5.84. The van der Waals surface area contributed by atoms with Crippen molar-refractivity contribution >= 4 is 17.6 Å². The molecule has 0 fully saturated rings. The van der Waals surface area contributed by atoms with Gasteiger partial charge in [-0.25, -0.2) is 0 Å². The van der Waals surface area contributed by atoms with E-state index in [1.807, 2.05) is 6.07 Å². The summed E-state index contributed by atoms with van der Waals surface area (Å²) in [7, 11) is 3.02. The number of carbonyl (C=O) groups excluding carboxylic acids is 1. The van der Waals surface area contributed by atoms with Crippen molar-refractivity contribution in [3.63, 3.8) is 0 Å². The van der Waals surface area contributed by atoms with E-state index in [4.69, 9.17) is 9.26 Å². The minimum Gasteiger partial charge on any atom is -0.539 e. The van der Waals surface area contributed by atoms with Crippen LogP contribution in [0.5, 0.6) is 11.7 Å². The van der Waals surface area contributed by atoms with Gasteiger partial charge in [0, 0.05) is 30.9 Å². The molecule has 31 heavy (non-hydrogen) atoms. The molecule has 0 bridgehead atoms. The molecule has 0 unspecified atom stereocenters. The van der Waals surface area contributed by atoms with E-state index in [0.29, 0.717) is 17.1 Å². The van der Waals surface area contributed by atoms with Crippen molar-refractivity contribution in [2.45, 2.75) is 6.54 Å². The van der Waals surface area contributed by atoms with Crippen LogP contribution in [-0.2, 0) is 16.1 Å². The van der Waals surface area contributed by atoms with Gasteiger partial charge in [-0.2, -0.15) is 0 Å². The number of ether oxygens (including phenoxy) is 1. The molecule has 10 nitrogen and oxygen atoms in total. The number of aliphatic carboxylic acids is 1. The van der Waals surface area contributed by atoms with E-state index >= 15 is 0 Å². The van der Waals surface area contributed by atoms with Gasteiger partial charge in [-0.1, -0.05) is 24.3 Å². The second-order valence-corrected chi connectivity index (χ2v) is 6.76. The topological polar surface area (TPSA) is 123 Å². The van der Waals surface area contributed by atoms with Crippen molar-refractivity contribution in [3.8, 4) is 17.4 Å². The predicted octanol–water partition coefficient (Wildman–Crippen LogP) is 0.583. The van der Waals surface area contributed by atoms with Gasteiger partial charge in [0.15, 0.2) is 5.95 Å². The summed E-state index contributed by atoms with van der Waals surface area (Å²) in [4.78, 5) is 26.9. The smallest absolute Gasteiger partial charge is 0.323 e. The SMILES string of the molecule is COc1cccc(N(CC(=O)O)CC(=O)N(C)Cc2c([O-])on[n+]2-c2ccccc2)c1. The maximum absolute atomic E-state index is 12.8. The minimum absolute atomic E-state index is 0.0604. The molecule has 3 rings (SSSR count). The lowest BCUT2D eigenvalue weighted by molar-refractivity contribution is -0.678. The lowest BCUT2D eigenvalue weighted by Gasteiger charge is -2.25. The van der Waals surface area contributed by atoms with Crippen molar-refractivity contribution in [2.75, 3.05) is 32.1 Å². The number of carbonyl (C=O) groups is 2. The zero-order chi connectivity index (χ0) is 22.4. The summed E-state index contributed by atoms with van der Waals surface area (Å²) >= 11 is 0. The third-order valence-electron chi connectivity index (χ3n) is 4.58. The monoisotopic (exact) mass is 426 g/mol. The number of anilines is 1. The summed E-state index contributed by atoms with van der Waals surface area (Å²) in [6.45, 7) is -0.646. The van der Waals surface area contributed by atoms with Gasteiger partial charge in [-0.3, -0.25) is 9.59 Å². The summed E-state index contributed by atoms with van der Waals surface area (Å²) in [6, 6.07) is 15.7. The molecular formula is C21H22N4O6. The molecule has 1 amide bonds. The van der Waals surface area contributed by atoms with Gasteiger partial charge in [0.05, 0.1) is 18.9 Å². The molecule has 3 aromatic rings. The number of methoxy groups -OCH3 is 1. The molecular weight excluding hydrogens is 404 g/mol. The second-order valence-electron chi connectivity index (χ2n) is 6.76. The number of aromatic nitrogens is 2. The fraction of sp³-hybridized carbons (Fsp3) is 0.238. The number of rotatable bonds is 9. The molecule has 0 aliphatic carbocycles. The zero-order valence-corrected chi connectivity index (χ0v) is 17.1. The number of carboxylic acids is 1. The number of hydrogen-bond donors (Lipinski definition) is 1. The van der Waals surface area contributed by atoms with Crippen LogP contribution in [0.25, 0.3) is 5.69 Å². The first-order chi connectivity index (χ1) is 14.9. The van der Waals surface area contributed by atoms with E-state index in [1.165, 1.54) is 28.6 Å². The number of para-hydroxylation sites is 1. The van der Waals surface area contributed by atoms with Crippen molar-refractivity contribution < 1.29 is 33.7 Å². The molecule has 0 saturated carbocycles. The van der Waals surface area contributed by atoms with Crippen molar-refractivity contribution in [1.82, 2.24) is 10.2 Å². The molecule has 10 heteroatoms. The molecule has 0 atom stereocenters. The Morgan fingerprint density at radius 2 is 1.90 bits per heavy atom. The van der Waals surface area contributed by atoms with Crippen LogP contribution >= 0.6 is 0 Å². The summed E-state index contributed by atoms with van der Waals surface area (Å²) in [6.07, 6.45) is 0. The molecule has 0 radical (unpaired) electrons. The highest BCUT2D eigenvalue weighted by Crippen LogP contribution is 2.21. The van der Waals surface area contributed by atoms with Crippen molar-refractivity contribution in [1.29, 1.82) is 0 Å². The average Bonchev–Trinajstić information content (AvgIpc) is 3.13. The van der Waals surface area contributed by atoms with Crippen LogP contribution in [0.3, 0.4) is 0 Å². The van der Waals surface area contributed by atoms with Gasteiger partial charge in [0.25, 0.3) is 5.69 Å². The van der Waals surface area contributed by atoms with Gasteiger partial charge >= 0.3 is 5.97 Å². The Morgan fingerprint density at radius 1 is 1.16 bits per heavy atom. The maximum Gasteiger partial charge on any atom is 0.323 e. The normalized spacial score (nSPS) is 10.5. The van der Waals surface area contributed by atoms with E-state index in [1.54, 1.807) is 48.5 Å². The Labute approximate surface area is 178 Å². The summed E-state index contributed by atoms with van der Waals surface area (Å²) in [5, 5.41) is 25.2. The van der Waals surface area contributed by atoms with Crippen molar-refractivity contribution in [3.05, 3.63) is 60.3 Å². The van der Waals surface area contributed by atoms with Crippen LogP contribution < -0.4 is 19.4 Å². The Morgan fingerprint density at radius 3 is 2.58 bits per heavy atom. The van der Waals surface area contributed by atoms with Gasteiger partial charge in [0.1, 0.15) is 18.8 Å². The van der Waals surface area contributed by atoms with Crippen molar-refractivity contribution in [2.24, 2.45) is 0 Å². The Bertz CT molecular complexity index is 1050. The lowest BCUT2D eigenvalue weighted by atomic mass is 10.2. The summed E-state index contributed by atoms with van der Waals surface area (Å²) < 4.78 is 11.3. The Hall–Kier alpha value is -4.08. The van der Waals surface area contributed by atoms with Crippen LogP contribution in [0.1, 0.15) is 5.69 Å². The molecule has 1 N–H and O–H groups in total. The number of nitrogens with zero attached hydrogens (tertiary/aromatic N) is 4. The quantitative estimate of drug-likeness (QED) is 0.493. The highest BCUT2D eigenvalue weighted by Gasteiger charge is 2.25. The molecule has 162 valence electrons. The molecule has 0 aliphatic rings. The van der Waals surface area contributed by atoms with Gasteiger partial charge in [0.2, 0.25) is 11.6 Å². The average molecular weight is 426 g/mol. The maximum atomic E-state index is 12.8. The van der Waals surface area contributed by atoms with Crippen LogP contribution in [-0.4, -0.2) is 54.4 Å². The molecule has 1 aromatic heterocycles. The molecule has 0 aliphatic heterocycles. The van der Waals surface area contributed by atoms with E-state index in [2.05, 4.69) is 5.27 Å².